The van der Waals surface area contributed by atoms with Crippen molar-refractivity contribution in [1.82, 2.24) is 4.90 Å². The van der Waals surface area contributed by atoms with E-state index in [9.17, 15) is 5.11 Å². The Morgan fingerprint density at radius 2 is 1.28 bits per heavy atom. The second-order valence-corrected chi connectivity index (χ2v) is 9.50. The lowest BCUT2D eigenvalue weighted by atomic mass is 9.93. The van der Waals surface area contributed by atoms with Crippen LogP contribution in [0.3, 0.4) is 0 Å². The van der Waals surface area contributed by atoms with Crippen LogP contribution < -0.4 is 0 Å². The lowest BCUT2D eigenvalue weighted by molar-refractivity contribution is -0.190. The van der Waals surface area contributed by atoms with Gasteiger partial charge in [0.2, 0.25) is 0 Å². The lowest BCUT2D eigenvalue weighted by Gasteiger charge is -2.47. The van der Waals surface area contributed by atoms with Crippen molar-refractivity contribution in [3.63, 3.8) is 0 Å². The van der Waals surface area contributed by atoms with Gasteiger partial charge in [-0.05, 0) is 29.7 Å². The van der Waals surface area contributed by atoms with Crippen LogP contribution in [0.5, 0.6) is 0 Å². The smallest absolute Gasteiger partial charge is 0.109 e. The molecule has 192 valence electrons. The maximum atomic E-state index is 11.5. The van der Waals surface area contributed by atoms with Gasteiger partial charge in [0.05, 0.1) is 38.6 Å². The Balaban J connectivity index is 1.48. The molecule has 0 spiro atoms. The van der Waals surface area contributed by atoms with E-state index in [1.54, 1.807) is 0 Å². The van der Waals surface area contributed by atoms with Gasteiger partial charge in [0.1, 0.15) is 12.2 Å². The molecule has 0 aliphatic carbocycles. The molecule has 0 saturated carbocycles. The van der Waals surface area contributed by atoms with Gasteiger partial charge < -0.3 is 19.3 Å². The van der Waals surface area contributed by atoms with Crippen molar-refractivity contribution >= 4 is 0 Å². The summed E-state index contributed by atoms with van der Waals surface area (Å²) < 4.78 is 18.9. The number of benzene rings is 3. The molecule has 3 aromatic carbocycles. The third kappa shape index (κ3) is 7.73. The topological polar surface area (TPSA) is 51.2 Å². The summed E-state index contributed by atoms with van der Waals surface area (Å²) >= 11 is 0. The molecule has 1 N–H and O–H groups in total. The van der Waals surface area contributed by atoms with E-state index in [4.69, 9.17) is 14.2 Å². The average Bonchev–Trinajstić information content (AvgIpc) is 2.93. The molecule has 1 heterocycles. The van der Waals surface area contributed by atoms with E-state index in [1.165, 1.54) is 0 Å². The maximum absolute atomic E-state index is 11.5. The molecule has 1 fully saturated rings. The summed E-state index contributed by atoms with van der Waals surface area (Å²) in [6, 6.07) is 30.4. The predicted molar refractivity (Wildman–Crippen MR) is 142 cm³/mol. The van der Waals surface area contributed by atoms with Crippen molar-refractivity contribution in [1.29, 1.82) is 0 Å². The standard InChI is InChI=1S/C31H39NO4/c1-2-3-19-32-20-29(35-22-26-15-9-5-10-16-26)30(33)31(36-23-27-17-11-6-12-18-27)28(32)24-34-21-25-13-7-4-8-14-25/h4-18,28-31,33H,2-3,19-24H2,1H3. The van der Waals surface area contributed by atoms with Gasteiger partial charge in [0, 0.05) is 6.54 Å². The highest BCUT2D eigenvalue weighted by molar-refractivity contribution is 5.15. The first kappa shape index (κ1) is 26.5. The molecular formula is C31H39NO4. The highest BCUT2D eigenvalue weighted by Gasteiger charge is 2.44. The van der Waals surface area contributed by atoms with Gasteiger partial charge >= 0.3 is 0 Å². The predicted octanol–water partition coefficient (Wildman–Crippen LogP) is 5.22. The van der Waals surface area contributed by atoms with Crippen LogP contribution in [0.15, 0.2) is 91.0 Å². The van der Waals surface area contributed by atoms with Crippen molar-refractivity contribution in [2.24, 2.45) is 0 Å². The largest absolute Gasteiger partial charge is 0.388 e. The van der Waals surface area contributed by atoms with Crippen LogP contribution in [0.25, 0.3) is 0 Å². The van der Waals surface area contributed by atoms with Crippen LogP contribution in [-0.2, 0) is 34.0 Å². The van der Waals surface area contributed by atoms with E-state index in [0.717, 1.165) is 36.1 Å². The minimum absolute atomic E-state index is 0.0597. The van der Waals surface area contributed by atoms with Crippen molar-refractivity contribution < 1.29 is 19.3 Å². The molecule has 3 aromatic rings. The Labute approximate surface area is 215 Å². The van der Waals surface area contributed by atoms with Crippen LogP contribution in [0.1, 0.15) is 36.5 Å². The number of aliphatic hydroxyl groups excluding tert-OH is 1. The van der Waals surface area contributed by atoms with Crippen LogP contribution >= 0.6 is 0 Å². The minimum Gasteiger partial charge on any atom is -0.388 e. The number of rotatable bonds is 13. The van der Waals surface area contributed by atoms with Crippen molar-refractivity contribution in [2.75, 3.05) is 19.7 Å². The first-order valence-electron chi connectivity index (χ1n) is 13.1. The molecule has 0 radical (unpaired) electrons. The van der Waals surface area contributed by atoms with Crippen molar-refractivity contribution in [3.8, 4) is 0 Å². The highest BCUT2D eigenvalue weighted by atomic mass is 16.5. The molecule has 4 unspecified atom stereocenters. The minimum atomic E-state index is -0.749. The van der Waals surface area contributed by atoms with E-state index < -0.39 is 12.2 Å². The van der Waals surface area contributed by atoms with Crippen molar-refractivity contribution in [2.45, 2.75) is 63.9 Å². The number of nitrogens with zero attached hydrogens (tertiary/aromatic N) is 1. The number of unbranched alkanes of at least 4 members (excludes halogenated alkanes) is 1. The third-order valence-corrected chi connectivity index (χ3v) is 6.77. The first-order chi connectivity index (χ1) is 17.7. The molecule has 0 aromatic heterocycles. The fourth-order valence-corrected chi connectivity index (χ4v) is 4.72. The SMILES string of the molecule is CCCCN1CC(OCc2ccccc2)C(O)C(OCc2ccccc2)C1COCc1ccccc1. The van der Waals surface area contributed by atoms with Crippen LogP contribution in [-0.4, -0.2) is 54.1 Å². The summed E-state index contributed by atoms with van der Waals surface area (Å²) in [4.78, 5) is 2.40. The number of ether oxygens (including phenoxy) is 3. The molecule has 1 aliphatic heterocycles. The number of hydrogen-bond donors (Lipinski definition) is 1. The monoisotopic (exact) mass is 489 g/mol. The van der Waals surface area contributed by atoms with Gasteiger partial charge in [0.15, 0.2) is 0 Å². The second-order valence-electron chi connectivity index (χ2n) is 9.50. The van der Waals surface area contributed by atoms with Crippen LogP contribution in [0.2, 0.25) is 0 Å². The van der Waals surface area contributed by atoms with E-state index >= 15 is 0 Å². The molecule has 0 amide bonds. The Hall–Kier alpha value is -2.54. The Kier molecular flexibility index (Phi) is 10.5. The summed E-state index contributed by atoms with van der Waals surface area (Å²) in [6.07, 6.45) is 0.658. The zero-order chi connectivity index (χ0) is 25.0. The van der Waals surface area contributed by atoms with Gasteiger partial charge in [-0.15, -0.1) is 0 Å². The Morgan fingerprint density at radius 1 is 0.750 bits per heavy atom. The molecule has 4 atom stereocenters. The molecular weight excluding hydrogens is 450 g/mol. The van der Waals surface area contributed by atoms with E-state index in [0.29, 0.717) is 33.0 Å². The van der Waals surface area contributed by atoms with E-state index in [1.807, 2.05) is 78.9 Å². The van der Waals surface area contributed by atoms with Gasteiger partial charge in [-0.1, -0.05) is 104 Å². The third-order valence-electron chi connectivity index (χ3n) is 6.77. The summed E-state index contributed by atoms with van der Waals surface area (Å²) in [5, 5.41) is 11.5. The Bertz CT molecular complexity index is 985. The van der Waals surface area contributed by atoms with E-state index in [2.05, 4.69) is 24.0 Å². The average molecular weight is 490 g/mol. The molecule has 4 rings (SSSR count). The quantitative estimate of drug-likeness (QED) is 0.357. The normalized spacial score (nSPS) is 22.5. The Morgan fingerprint density at radius 3 is 1.83 bits per heavy atom. The van der Waals surface area contributed by atoms with Gasteiger partial charge in [-0.2, -0.15) is 0 Å². The summed E-state index contributed by atoms with van der Waals surface area (Å²) in [6.45, 7) is 5.69. The molecule has 5 heteroatoms. The van der Waals surface area contributed by atoms with Crippen molar-refractivity contribution in [3.05, 3.63) is 108 Å². The fourth-order valence-electron chi connectivity index (χ4n) is 4.72. The maximum Gasteiger partial charge on any atom is 0.109 e. The summed E-state index contributed by atoms with van der Waals surface area (Å²) in [7, 11) is 0. The first-order valence-corrected chi connectivity index (χ1v) is 13.1. The molecule has 1 saturated heterocycles. The fraction of sp³-hybridized carbons (Fsp3) is 0.419. The zero-order valence-electron chi connectivity index (χ0n) is 21.2. The molecule has 5 nitrogen and oxygen atoms in total. The van der Waals surface area contributed by atoms with Crippen LogP contribution in [0.4, 0.5) is 0 Å². The van der Waals surface area contributed by atoms with Gasteiger partial charge in [-0.3, -0.25) is 4.90 Å². The van der Waals surface area contributed by atoms with Gasteiger partial charge in [0.25, 0.3) is 0 Å². The number of aliphatic hydroxyl groups is 1. The highest BCUT2D eigenvalue weighted by Crippen LogP contribution is 2.26. The number of piperidine rings is 1. The second kappa shape index (κ2) is 14.3. The molecule has 36 heavy (non-hydrogen) atoms. The summed E-state index contributed by atoms with van der Waals surface area (Å²) in [5.74, 6) is 0. The molecule has 1 aliphatic rings. The molecule has 0 bridgehead atoms. The van der Waals surface area contributed by atoms with Crippen LogP contribution in [0, 0.1) is 0 Å². The lowest BCUT2D eigenvalue weighted by Crippen LogP contribution is -2.64. The summed E-state index contributed by atoms with van der Waals surface area (Å²) in [5.41, 5.74) is 3.32. The van der Waals surface area contributed by atoms with Gasteiger partial charge in [-0.25, -0.2) is 0 Å². The number of hydrogen-bond acceptors (Lipinski definition) is 5. The zero-order valence-corrected chi connectivity index (χ0v) is 21.2. The van der Waals surface area contributed by atoms with E-state index in [-0.39, 0.29) is 12.1 Å². The number of likely N-dealkylation sites (tertiary alicyclic amines) is 1.